The summed E-state index contributed by atoms with van der Waals surface area (Å²) in [6.45, 7) is 4.89. The van der Waals surface area contributed by atoms with Crippen LogP contribution in [0, 0.1) is 6.92 Å². The highest BCUT2D eigenvalue weighted by molar-refractivity contribution is 6.30. The molecule has 1 aliphatic heterocycles. The Balaban J connectivity index is 1.46. The van der Waals surface area contributed by atoms with Crippen molar-refractivity contribution in [1.82, 2.24) is 10.2 Å². The van der Waals surface area contributed by atoms with Crippen molar-refractivity contribution in [2.45, 2.75) is 13.3 Å². The number of nitrogens with zero attached hydrogens (tertiary/aromatic N) is 2. The van der Waals surface area contributed by atoms with Gasteiger partial charge >= 0.3 is 0 Å². The van der Waals surface area contributed by atoms with Crippen LogP contribution in [0.15, 0.2) is 48.5 Å². The van der Waals surface area contributed by atoms with Crippen molar-refractivity contribution in [3.05, 3.63) is 64.7 Å². The van der Waals surface area contributed by atoms with Crippen LogP contribution < -0.4 is 10.2 Å². The molecule has 0 spiro atoms. The largest absolute Gasteiger partial charge is 0.368 e. The van der Waals surface area contributed by atoms with Gasteiger partial charge in [-0.2, -0.15) is 0 Å². The maximum absolute atomic E-state index is 12.4. The third-order valence-electron chi connectivity index (χ3n) is 4.79. The van der Waals surface area contributed by atoms with E-state index in [1.54, 1.807) is 4.90 Å². The second-order valence-electron chi connectivity index (χ2n) is 6.74. The standard InChI is InChI=1S/C21H24ClN3O2/c1-16-7-8-18(22)14-19(16)24-9-11-25(12-10-24)21(27)15-23-20(26)13-17-5-3-2-4-6-17/h2-8,14H,9-13,15H2,1H3,(H,23,26). The first-order valence-corrected chi connectivity index (χ1v) is 9.50. The van der Waals surface area contributed by atoms with Gasteiger partial charge in [0.25, 0.3) is 0 Å². The highest BCUT2D eigenvalue weighted by atomic mass is 35.5. The maximum Gasteiger partial charge on any atom is 0.242 e. The first-order valence-electron chi connectivity index (χ1n) is 9.12. The monoisotopic (exact) mass is 385 g/mol. The molecule has 1 fully saturated rings. The van der Waals surface area contributed by atoms with E-state index in [1.807, 2.05) is 48.5 Å². The zero-order valence-corrected chi connectivity index (χ0v) is 16.2. The molecule has 0 radical (unpaired) electrons. The number of amides is 2. The van der Waals surface area contributed by atoms with E-state index >= 15 is 0 Å². The number of carbonyl (C=O) groups is 2. The summed E-state index contributed by atoms with van der Waals surface area (Å²) in [6.07, 6.45) is 0.288. The number of benzene rings is 2. The van der Waals surface area contributed by atoms with Crippen LogP contribution >= 0.6 is 11.6 Å². The van der Waals surface area contributed by atoms with E-state index in [4.69, 9.17) is 11.6 Å². The van der Waals surface area contributed by atoms with Gasteiger partial charge in [-0.15, -0.1) is 0 Å². The van der Waals surface area contributed by atoms with Crippen LogP contribution in [0.2, 0.25) is 5.02 Å². The van der Waals surface area contributed by atoms with E-state index in [2.05, 4.69) is 17.1 Å². The van der Waals surface area contributed by atoms with Crippen LogP contribution in [0.4, 0.5) is 5.69 Å². The number of rotatable bonds is 5. The van der Waals surface area contributed by atoms with E-state index in [-0.39, 0.29) is 24.8 Å². The lowest BCUT2D eigenvalue weighted by molar-refractivity contribution is -0.133. The van der Waals surface area contributed by atoms with Gasteiger partial charge in [0.15, 0.2) is 0 Å². The van der Waals surface area contributed by atoms with Crippen molar-refractivity contribution in [3.63, 3.8) is 0 Å². The lowest BCUT2D eigenvalue weighted by atomic mass is 10.1. The normalized spacial score (nSPS) is 14.1. The van der Waals surface area contributed by atoms with Crippen molar-refractivity contribution >= 4 is 29.1 Å². The molecule has 142 valence electrons. The summed E-state index contributed by atoms with van der Waals surface area (Å²) in [4.78, 5) is 28.4. The van der Waals surface area contributed by atoms with Gasteiger partial charge in [0.2, 0.25) is 11.8 Å². The minimum Gasteiger partial charge on any atom is -0.368 e. The number of nitrogens with one attached hydrogen (secondary N) is 1. The molecular formula is C21H24ClN3O2. The molecule has 27 heavy (non-hydrogen) atoms. The highest BCUT2D eigenvalue weighted by Gasteiger charge is 2.22. The van der Waals surface area contributed by atoms with Crippen molar-refractivity contribution in [1.29, 1.82) is 0 Å². The fourth-order valence-electron chi connectivity index (χ4n) is 3.25. The minimum absolute atomic E-state index is 0.0427. The number of anilines is 1. The Morgan fingerprint density at radius 3 is 2.44 bits per heavy atom. The topological polar surface area (TPSA) is 52.6 Å². The summed E-state index contributed by atoms with van der Waals surface area (Å²) in [5, 5.41) is 3.44. The van der Waals surface area contributed by atoms with Gasteiger partial charge < -0.3 is 15.1 Å². The number of halogens is 1. The SMILES string of the molecule is Cc1ccc(Cl)cc1N1CCN(C(=O)CNC(=O)Cc2ccccc2)CC1. The molecule has 2 aromatic carbocycles. The molecule has 1 saturated heterocycles. The molecule has 1 heterocycles. The Bertz CT molecular complexity index is 802. The van der Waals surface area contributed by atoms with Gasteiger partial charge in [0.1, 0.15) is 0 Å². The van der Waals surface area contributed by atoms with E-state index in [9.17, 15) is 9.59 Å². The van der Waals surface area contributed by atoms with Crippen LogP contribution in [-0.4, -0.2) is 49.4 Å². The fourth-order valence-corrected chi connectivity index (χ4v) is 3.42. The summed E-state index contributed by atoms with van der Waals surface area (Å²) >= 11 is 6.11. The molecule has 0 unspecified atom stereocenters. The average Bonchev–Trinajstić information content (AvgIpc) is 2.69. The Morgan fingerprint density at radius 1 is 1.04 bits per heavy atom. The van der Waals surface area contributed by atoms with Crippen molar-refractivity contribution in [2.24, 2.45) is 0 Å². The number of aryl methyl sites for hydroxylation is 1. The highest BCUT2D eigenvalue weighted by Crippen LogP contribution is 2.25. The summed E-state index contributed by atoms with van der Waals surface area (Å²) < 4.78 is 0. The predicted octanol–water partition coefficient (Wildman–Crippen LogP) is 2.66. The van der Waals surface area contributed by atoms with E-state index in [0.717, 1.165) is 29.4 Å². The summed E-state index contributed by atoms with van der Waals surface area (Å²) in [5.41, 5.74) is 3.23. The second kappa shape index (κ2) is 8.91. The molecule has 2 amide bonds. The third-order valence-corrected chi connectivity index (χ3v) is 5.02. The first kappa shape index (κ1) is 19.2. The zero-order chi connectivity index (χ0) is 19.2. The molecule has 1 aliphatic rings. The van der Waals surface area contributed by atoms with Gasteiger partial charge in [0, 0.05) is 36.9 Å². The van der Waals surface area contributed by atoms with Gasteiger partial charge in [-0.3, -0.25) is 9.59 Å². The molecule has 3 rings (SSSR count). The maximum atomic E-state index is 12.4. The van der Waals surface area contributed by atoms with Gasteiger partial charge in [-0.05, 0) is 30.2 Å². The van der Waals surface area contributed by atoms with Gasteiger partial charge in [0.05, 0.1) is 13.0 Å². The van der Waals surface area contributed by atoms with Crippen LogP contribution in [0.5, 0.6) is 0 Å². The Labute approximate surface area is 164 Å². The third kappa shape index (κ3) is 5.23. The van der Waals surface area contributed by atoms with Crippen molar-refractivity contribution in [3.8, 4) is 0 Å². The molecule has 1 N–H and O–H groups in total. The fraction of sp³-hybridized carbons (Fsp3) is 0.333. The molecule has 0 atom stereocenters. The molecule has 0 aliphatic carbocycles. The van der Waals surface area contributed by atoms with E-state index in [1.165, 1.54) is 5.56 Å². The summed E-state index contributed by atoms with van der Waals surface area (Å²) in [5.74, 6) is -0.179. The molecule has 2 aromatic rings. The smallest absolute Gasteiger partial charge is 0.242 e. The Morgan fingerprint density at radius 2 is 1.74 bits per heavy atom. The van der Waals surface area contributed by atoms with Crippen molar-refractivity contribution < 1.29 is 9.59 Å². The molecule has 5 nitrogen and oxygen atoms in total. The molecule has 0 saturated carbocycles. The minimum atomic E-state index is -0.136. The number of piperazine rings is 1. The Kier molecular flexibility index (Phi) is 6.35. The van der Waals surface area contributed by atoms with Crippen LogP contribution in [0.25, 0.3) is 0 Å². The lowest BCUT2D eigenvalue weighted by Crippen LogP contribution is -2.51. The number of hydrogen-bond donors (Lipinski definition) is 1. The quantitative estimate of drug-likeness (QED) is 0.860. The van der Waals surface area contributed by atoms with Crippen LogP contribution in [0.3, 0.4) is 0 Å². The van der Waals surface area contributed by atoms with Gasteiger partial charge in [-0.1, -0.05) is 48.0 Å². The average molecular weight is 386 g/mol. The van der Waals surface area contributed by atoms with Crippen LogP contribution in [-0.2, 0) is 16.0 Å². The van der Waals surface area contributed by atoms with Gasteiger partial charge in [-0.25, -0.2) is 0 Å². The van der Waals surface area contributed by atoms with Crippen LogP contribution in [0.1, 0.15) is 11.1 Å². The van der Waals surface area contributed by atoms with E-state index in [0.29, 0.717) is 13.1 Å². The molecule has 6 heteroatoms. The first-order chi connectivity index (χ1) is 13.0. The lowest BCUT2D eigenvalue weighted by Gasteiger charge is -2.37. The Hall–Kier alpha value is -2.53. The molecule has 0 aromatic heterocycles. The predicted molar refractivity (Wildman–Crippen MR) is 108 cm³/mol. The molecular weight excluding hydrogens is 362 g/mol. The van der Waals surface area contributed by atoms with Crippen molar-refractivity contribution in [2.75, 3.05) is 37.6 Å². The number of hydrogen-bond acceptors (Lipinski definition) is 3. The second-order valence-corrected chi connectivity index (χ2v) is 7.17. The summed E-state index contributed by atoms with van der Waals surface area (Å²) in [6, 6.07) is 15.4. The zero-order valence-electron chi connectivity index (χ0n) is 15.5. The molecule has 0 bridgehead atoms. The van der Waals surface area contributed by atoms with E-state index < -0.39 is 0 Å². The summed E-state index contributed by atoms with van der Waals surface area (Å²) in [7, 11) is 0. The number of carbonyl (C=O) groups excluding carboxylic acids is 2.